The maximum absolute atomic E-state index is 11.5. The number of benzene rings is 2. The number of hydrogen-bond donors (Lipinski definition) is 1. The minimum atomic E-state index is -0.827. The molecule has 2 fully saturated rings. The van der Waals surface area contributed by atoms with Gasteiger partial charge in [0.05, 0.1) is 12.7 Å². The van der Waals surface area contributed by atoms with Crippen molar-refractivity contribution < 1.29 is 14.6 Å². The molecule has 1 N–H and O–H groups in total. The Morgan fingerprint density at radius 3 is 2.61 bits per heavy atom. The summed E-state index contributed by atoms with van der Waals surface area (Å²) in [7, 11) is 1.67. The number of hydrogen-bond acceptors (Lipinski definition) is 4. The molecule has 0 radical (unpaired) electrons. The molecule has 4 nitrogen and oxygen atoms in total. The molecule has 2 saturated heterocycles. The highest BCUT2D eigenvalue weighted by molar-refractivity contribution is 5.39. The van der Waals surface area contributed by atoms with Crippen molar-refractivity contribution in [1.82, 2.24) is 4.90 Å². The summed E-state index contributed by atoms with van der Waals surface area (Å²) in [5.41, 5.74) is 1.31. The van der Waals surface area contributed by atoms with Crippen LogP contribution in [0.15, 0.2) is 48.5 Å². The smallest absolute Gasteiger partial charge is 0.148 e. The van der Waals surface area contributed by atoms with Gasteiger partial charge in [-0.2, -0.15) is 0 Å². The number of nitrogens with zero attached hydrogens (tertiary/aromatic N) is 1. The fourth-order valence-corrected chi connectivity index (χ4v) is 4.89. The second kappa shape index (κ2) is 7.87. The number of aliphatic hydroxyl groups is 1. The van der Waals surface area contributed by atoms with Gasteiger partial charge in [0.15, 0.2) is 0 Å². The molecular weight excluding hydrogens is 350 g/mol. The first-order chi connectivity index (χ1) is 13.6. The van der Waals surface area contributed by atoms with Crippen molar-refractivity contribution in [2.45, 2.75) is 49.9 Å². The monoisotopic (exact) mass is 377 g/mol. The lowest BCUT2D eigenvalue weighted by atomic mass is 9.80. The van der Waals surface area contributed by atoms with Crippen LogP contribution in [0.5, 0.6) is 11.5 Å². The molecule has 2 atom stereocenters. The van der Waals surface area contributed by atoms with Crippen molar-refractivity contribution >= 4 is 0 Å². The summed E-state index contributed by atoms with van der Waals surface area (Å²) in [5, 5.41) is 11.5. The average molecular weight is 377 g/mol. The highest BCUT2D eigenvalue weighted by Crippen LogP contribution is 2.48. The van der Waals surface area contributed by atoms with Crippen molar-refractivity contribution in [2.24, 2.45) is 0 Å². The van der Waals surface area contributed by atoms with E-state index in [9.17, 15) is 5.11 Å². The zero-order chi connectivity index (χ0) is 19.6. The van der Waals surface area contributed by atoms with Gasteiger partial charge in [-0.15, -0.1) is 6.42 Å². The second-order valence-corrected chi connectivity index (χ2v) is 7.84. The standard InChI is InChI=1S/C24H27NO3/c1-3-13-28-21-8-6-7-18(14-21)17-25-19-11-12-20(25)16-24(26,15-19)22-9-4-5-10-23(22)27-2/h1,4-10,14,19-20,26H,11-13,15-17H2,2H3/t19-,20-/m1/s1. The first-order valence-corrected chi connectivity index (χ1v) is 9.90. The van der Waals surface area contributed by atoms with Crippen LogP contribution in [0.3, 0.4) is 0 Å². The molecule has 4 rings (SSSR count). The highest BCUT2D eigenvalue weighted by atomic mass is 16.5. The summed E-state index contributed by atoms with van der Waals surface area (Å²) < 4.78 is 11.1. The molecule has 2 aromatic carbocycles. The molecule has 0 saturated carbocycles. The summed E-state index contributed by atoms with van der Waals surface area (Å²) in [6.45, 7) is 1.15. The SMILES string of the molecule is C#CCOc1cccc(CN2[C@@H]3CC[C@@H]2CC(O)(c2ccccc2OC)C3)c1. The van der Waals surface area contributed by atoms with Crippen molar-refractivity contribution in [3.05, 3.63) is 59.7 Å². The first kappa shape index (κ1) is 18.9. The van der Waals surface area contributed by atoms with E-state index in [0.717, 1.165) is 49.3 Å². The van der Waals surface area contributed by atoms with Crippen LogP contribution >= 0.6 is 0 Å². The number of piperidine rings is 1. The topological polar surface area (TPSA) is 41.9 Å². The maximum Gasteiger partial charge on any atom is 0.148 e. The lowest BCUT2D eigenvalue weighted by molar-refractivity contribution is -0.0606. The molecule has 0 spiro atoms. The fraction of sp³-hybridized carbons (Fsp3) is 0.417. The Balaban J connectivity index is 1.51. The molecule has 0 aliphatic carbocycles. The second-order valence-electron chi connectivity index (χ2n) is 7.84. The van der Waals surface area contributed by atoms with Crippen molar-refractivity contribution in [3.63, 3.8) is 0 Å². The van der Waals surface area contributed by atoms with E-state index in [1.165, 1.54) is 5.56 Å². The predicted octanol–water partition coefficient (Wildman–Crippen LogP) is 3.72. The molecule has 2 aliphatic rings. The van der Waals surface area contributed by atoms with Crippen molar-refractivity contribution in [2.75, 3.05) is 13.7 Å². The molecule has 2 aliphatic heterocycles. The van der Waals surface area contributed by atoms with Crippen molar-refractivity contribution in [1.29, 1.82) is 0 Å². The van der Waals surface area contributed by atoms with E-state index in [2.05, 4.69) is 23.0 Å². The van der Waals surface area contributed by atoms with Crippen LogP contribution in [0.2, 0.25) is 0 Å². The van der Waals surface area contributed by atoms with E-state index < -0.39 is 5.60 Å². The largest absolute Gasteiger partial charge is 0.496 e. The molecule has 0 aromatic heterocycles. The van der Waals surface area contributed by atoms with Crippen LogP contribution in [-0.2, 0) is 12.1 Å². The average Bonchev–Trinajstić information content (AvgIpc) is 2.96. The zero-order valence-corrected chi connectivity index (χ0v) is 16.3. The predicted molar refractivity (Wildman–Crippen MR) is 109 cm³/mol. The van der Waals surface area contributed by atoms with E-state index in [1.54, 1.807) is 7.11 Å². The van der Waals surface area contributed by atoms with Gasteiger partial charge in [0, 0.05) is 24.2 Å². The van der Waals surface area contributed by atoms with Gasteiger partial charge in [-0.05, 0) is 49.4 Å². The van der Waals surface area contributed by atoms with Gasteiger partial charge in [-0.1, -0.05) is 36.3 Å². The van der Waals surface area contributed by atoms with E-state index >= 15 is 0 Å². The number of rotatable bonds is 6. The van der Waals surface area contributed by atoms with Gasteiger partial charge < -0.3 is 14.6 Å². The molecule has 2 bridgehead atoms. The highest BCUT2D eigenvalue weighted by Gasteiger charge is 2.49. The van der Waals surface area contributed by atoms with Gasteiger partial charge in [0.1, 0.15) is 18.1 Å². The van der Waals surface area contributed by atoms with Crippen molar-refractivity contribution in [3.8, 4) is 23.8 Å². The van der Waals surface area contributed by atoms with Crippen LogP contribution < -0.4 is 9.47 Å². The third kappa shape index (κ3) is 3.61. The Morgan fingerprint density at radius 2 is 1.89 bits per heavy atom. The quantitative estimate of drug-likeness (QED) is 0.779. The molecular formula is C24H27NO3. The van der Waals surface area contributed by atoms with Gasteiger partial charge in [-0.3, -0.25) is 4.90 Å². The van der Waals surface area contributed by atoms with Gasteiger partial charge in [0.25, 0.3) is 0 Å². The molecule has 4 heteroatoms. The van der Waals surface area contributed by atoms with Gasteiger partial charge in [-0.25, -0.2) is 0 Å². The minimum Gasteiger partial charge on any atom is -0.496 e. The summed E-state index contributed by atoms with van der Waals surface area (Å²) >= 11 is 0. The normalized spacial score (nSPS) is 26.6. The fourth-order valence-electron chi connectivity index (χ4n) is 4.89. The summed E-state index contributed by atoms with van der Waals surface area (Å²) in [5.74, 6) is 4.09. The lowest BCUT2D eigenvalue weighted by Gasteiger charge is -2.44. The van der Waals surface area contributed by atoms with Crippen LogP contribution in [0.25, 0.3) is 0 Å². The third-order valence-electron chi connectivity index (χ3n) is 6.11. The summed E-state index contributed by atoms with van der Waals surface area (Å²) in [6.07, 6.45) is 8.99. The Morgan fingerprint density at radius 1 is 1.14 bits per heavy atom. The van der Waals surface area contributed by atoms with Crippen LogP contribution in [0, 0.1) is 12.3 Å². The Labute approximate surface area is 167 Å². The Bertz CT molecular complexity index is 858. The Kier molecular flexibility index (Phi) is 5.30. The first-order valence-electron chi connectivity index (χ1n) is 9.90. The number of fused-ring (bicyclic) bond motifs is 2. The van der Waals surface area contributed by atoms with Crippen LogP contribution in [0.1, 0.15) is 36.8 Å². The minimum absolute atomic E-state index is 0.282. The lowest BCUT2D eigenvalue weighted by Crippen LogP contribution is -2.49. The number of methoxy groups -OCH3 is 1. The van der Waals surface area contributed by atoms with E-state index in [1.807, 2.05) is 36.4 Å². The summed E-state index contributed by atoms with van der Waals surface area (Å²) in [4.78, 5) is 2.55. The molecule has 0 unspecified atom stereocenters. The van der Waals surface area contributed by atoms with E-state index in [4.69, 9.17) is 15.9 Å². The Hall–Kier alpha value is -2.48. The van der Waals surface area contributed by atoms with E-state index in [-0.39, 0.29) is 6.61 Å². The molecule has 2 aromatic rings. The maximum atomic E-state index is 11.5. The molecule has 146 valence electrons. The van der Waals surface area contributed by atoms with Crippen LogP contribution in [-0.4, -0.2) is 35.8 Å². The number of para-hydroxylation sites is 1. The molecule has 28 heavy (non-hydrogen) atoms. The molecule has 0 amide bonds. The third-order valence-corrected chi connectivity index (χ3v) is 6.11. The number of ether oxygens (including phenoxy) is 2. The van der Waals surface area contributed by atoms with Crippen LogP contribution in [0.4, 0.5) is 0 Å². The molecule has 2 heterocycles. The number of terminal acetylenes is 1. The summed E-state index contributed by atoms with van der Waals surface area (Å²) in [6, 6.07) is 16.7. The van der Waals surface area contributed by atoms with Gasteiger partial charge in [0.2, 0.25) is 0 Å². The van der Waals surface area contributed by atoms with Gasteiger partial charge >= 0.3 is 0 Å². The zero-order valence-electron chi connectivity index (χ0n) is 16.3. The van der Waals surface area contributed by atoms with E-state index in [0.29, 0.717) is 12.1 Å².